The largest absolute Gasteiger partial charge is 0.378 e. The van der Waals surface area contributed by atoms with Crippen molar-refractivity contribution in [3.05, 3.63) is 0 Å². The van der Waals surface area contributed by atoms with Crippen molar-refractivity contribution in [1.29, 1.82) is 0 Å². The zero-order valence-corrected chi connectivity index (χ0v) is 13.4. The van der Waals surface area contributed by atoms with Crippen LogP contribution in [0.4, 0.5) is 0 Å². The van der Waals surface area contributed by atoms with E-state index in [-0.39, 0.29) is 11.7 Å². The summed E-state index contributed by atoms with van der Waals surface area (Å²) in [5.74, 6) is -0.178. The molecule has 0 unspecified atom stereocenters. The zero-order chi connectivity index (χ0) is 15.9. The standard InChI is InChI=1S/C15H28O7/c1-14(16)15-12-21-10-8-19-6-4-17-2-3-18-5-7-20-9-11-22-13-15/h15H,2-13H2,1H3. The number of ether oxygens (including phenoxy) is 6. The number of hydrogen-bond donors (Lipinski definition) is 0. The Labute approximate surface area is 132 Å². The van der Waals surface area contributed by atoms with Crippen LogP contribution in [0.1, 0.15) is 6.92 Å². The summed E-state index contributed by atoms with van der Waals surface area (Å²) in [6.07, 6.45) is 0. The van der Waals surface area contributed by atoms with Gasteiger partial charge in [-0.1, -0.05) is 0 Å². The number of rotatable bonds is 1. The summed E-state index contributed by atoms with van der Waals surface area (Å²) in [5, 5.41) is 0. The van der Waals surface area contributed by atoms with Gasteiger partial charge in [-0.2, -0.15) is 0 Å². The molecule has 1 fully saturated rings. The highest BCUT2D eigenvalue weighted by Crippen LogP contribution is 2.01. The van der Waals surface area contributed by atoms with Crippen molar-refractivity contribution in [2.24, 2.45) is 5.92 Å². The monoisotopic (exact) mass is 320 g/mol. The molecule has 1 aliphatic rings. The van der Waals surface area contributed by atoms with Gasteiger partial charge in [0.15, 0.2) is 0 Å². The summed E-state index contributed by atoms with van der Waals surface area (Å²) in [7, 11) is 0. The van der Waals surface area contributed by atoms with Crippen LogP contribution in [0.3, 0.4) is 0 Å². The van der Waals surface area contributed by atoms with Gasteiger partial charge in [-0.05, 0) is 6.92 Å². The van der Waals surface area contributed by atoms with E-state index in [1.54, 1.807) is 6.92 Å². The Bertz CT molecular complexity index is 253. The van der Waals surface area contributed by atoms with Crippen LogP contribution in [0.2, 0.25) is 0 Å². The maximum absolute atomic E-state index is 11.5. The Morgan fingerprint density at radius 2 is 0.864 bits per heavy atom. The third kappa shape index (κ3) is 11.1. The van der Waals surface area contributed by atoms with Gasteiger partial charge in [0.05, 0.1) is 85.2 Å². The van der Waals surface area contributed by atoms with Crippen LogP contribution in [-0.4, -0.2) is 85.1 Å². The normalized spacial score (nSPS) is 23.1. The maximum atomic E-state index is 11.5. The average Bonchev–Trinajstić information content (AvgIpc) is 2.50. The fourth-order valence-corrected chi connectivity index (χ4v) is 1.73. The highest BCUT2D eigenvalue weighted by atomic mass is 16.6. The first-order valence-corrected chi connectivity index (χ1v) is 7.77. The molecule has 130 valence electrons. The fraction of sp³-hybridized carbons (Fsp3) is 0.933. The molecule has 0 saturated carbocycles. The molecule has 0 radical (unpaired) electrons. The van der Waals surface area contributed by atoms with Gasteiger partial charge in [0.2, 0.25) is 0 Å². The van der Waals surface area contributed by atoms with Gasteiger partial charge < -0.3 is 28.4 Å². The van der Waals surface area contributed by atoms with Crippen LogP contribution in [-0.2, 0) is 33.2 Å². The molecular formula is C15H28O7. The molecule has 1 aliphatic heterocycles. The minimum Gasteiger partial charge on any atom is -0.378 e. The molecule has 0 atom stereocenters. The van der Waals surface area contributed by atoms with Crippen molar-refractivity contribution in [2.75, 3.05) is 79.3 Å². The number of hydrogen-bond acceptors (Lipinski definition) is 7. The predicted molar refractivity (Wildman–Crippen MR) is 79.1 cm³/mol. The van der Waals surface area contributed by atoms with Crippen LogP contribution in [0, 0.1) is 5.92 Å². The summed E-state index contributed by atoms with van der Waals surface area (Å²) in [6.45, 7) is 7.32. The zero-order valence-electron chi connectivity index (χ0n) is 13.4. The molecule has 0 amide bonds. The quantitative estimate of drug-likeness (QED) is 0.688. The third-order valence-electron chi connectivity index (χ3n) is 3.07. The van der Waals surface area contributed by atoms with Gasteiger partial charge in [0, 0.05) is 0 Å². The summed E-state index contributed by atoms with van der Waals surface area (Å²) in [5.41, 5.74) is 0. The van der Waals surface area contributed by atoms with E-state index in [1.165, 1.54) is 0 Å². The van der Waals surface area contributed by atoms with Crippen LogP contribution in [0.15, 0.2) is 0 Å². The average molecular weight is 320 g/mol. The maximum Gasteiger partial charge on any atom is 0.137 e. The summed E-state index contributed by atoms with van der Waals surface area (Å²) in [6, 6.07) is 0. The molecule has 7 heteroatoms. The van der Waals surface area contributed by atoms with Gasteiger partial charge in [-0.25, -0.2) is 0 Å². The molecule has 0 aliphatic carbocycles. The molecule has 1 rings (SSSR count). The van der Waals surface area contributed by atoms with Crippen molar-refractivity contribution in [2.45, 2.75) is 6.92 Å². The lowest BCUT2D eigenvalue weighted by Crippen LogP contribution is -2.25. The van der Waals surface area contributed by atoms with Gasteiger partial charge in [-0.15, -0.1) is 0 Å². The van der Waals surface area contributed by atoms with Gasteiger partial charge in [0.25, 0.3) is 0 Å². The van der Waals surface area contributed by atoms with E-state index in [0.29, 0.717) is 79.3 Å². The number of ketones is 1. The molecule has 0 aromatic rings. The second-order valence-corrected chi connectivity index (χ2v) is 4.91. The molecule has 0 aromatic heterocycles. The highest BCUT2D eigenvalue weighted by molar-refractivity contribution is 5.78. The van der Waals surface area contributed by atoms with Crippen LogP contribution >= 0.6 is 0 Å². The number of carbonyl (C=O) groups excluding carboxylic acids is 1. The predicted octanol–water partition coefficient (Wildman–Crippen LogP) is 0.305. The SMILES string of the molecule is CC(=O)C1COCCOCCOCCOCCOCCOC1. The van der Waals surface area contributed by atoms with Crippen molar-refractivity contribution in [3.63, 3.8) is 0 Å². The lowest BCUT2D eigenvalue weighted by molar-refractivity contribution is -0.125. The van der Waals surface area contributed by atoms with E-state index >= 15 is 0 Å². The lowest BCUT2D eigenvalue weighted by atomic mass is 10.1. The topological polar surface area (TPSA) is 72.5 Å². The van der Waals surface area contributed by atoms with Gasteiger partial charge in [-0.3, -0.25) is 4.79 Å². The van der Waals surface area contributed by atoms with Crippen molar-refractivity contribution < 1.29 is 33.2 Å². The Morgan fingerprint density at radius 3 is 1.14 bits per heavy atom. The van der Waals surface area contributed by atoms with Crippen LogP contribution < -0.4 is 0 Å². The van der Waals surface area contributed by atoms with E-state index in [2.05, 4.69) is 0 Å². The Morgan fingerprint density at radius 1 is 0.591 bits per heavy atom. The third-order valence-corrected chi connectivity index (χ3v) is 3.07. The molecular weight excluding hydrogens is 292 g/mol. The summed E-state index contributed by atoms with van der Waals surface area (Å²) in [4.78, 5) is 11.5. The Hall–Kier alpha value is -0.570. The molecule has 0 N–H and O–H groups in total. The highest BCUT2D eigenvalue weighted by Gasteiger charge is 2.14. The van der Waals surface area contributed by atoms with E-state index < -0.39 is 0 Å². The Balaban J connectivity index is 2.23. The molecule has 7 nitrogen and oxygen atoms in total. The van der Waals surface area contributed by atoms with Crippen molar-refractivity contribution >= 4 is 5.78 Å². The van der Waals surface area contributed by atoms with Gasteiger partial charge in [0.1, 0.15) is 5.78 Å². The van der Waals surface area contributed by atoms with E-state index in [1.807, 2.05) is 0 Å². The van der Waals surface area contributed by atoms with Crippen molar-refractivity contribution in [1.82, 2.24) is 0 Å². The van der Waals surface area contributed by atoms with Gasteiger partial charge >= 0.3 is 0 Å². The first kappa shape index (κ1) is 19.5. The molecule has 1 saturated heterocycles. The summed E-state index contributed by atoms with van der Waals surface area (Å²) < 4.78 is 32.3. The van der Waals surface area contributed by atoms with Crippen LogP contribution in [0.25, 0.3) is 0 Å². The summed E-state index contributed by atoms with van der Waals surface area (Å²) >= 11 is 0. The first-order valence-electron chi connectivity index (χ1n) is 7.77. The first-order chi connectivity index (χ1) is 10.8. The molecule has 0 bridgehead atoms. The minimum atomic E-state index is -0.242. The molecule has 0 spiro atoms. The smallest absolute Gasteiger partial charge is 0.137 e. The van der Waals surface area contributed by atoms with E-state index in [4.69, 9.17) is 28.4 Å². The van der Waals surface area contributed by atoms with E-state index in [0.717, 1.165) is 0 Å². The second-order valence-electron chi connectivity index (χ2n) is 4.91. The molecule has 1 heterocycles. The Kier molecular flexibility index (Phi) is 12.4. The fourth-order valence-electron chi connectivity index (χ4n) is 1.73. The molecule has 22 heavy (non-hydrogen) atoms. The molecule has 0 aromatic carbocycles. The number of carbonyl (C=O) groups is 1. The van der Waals surface area contributed by atoms with Crippen molar-refractivity contribution in [3.8, 4) is 0 Å². The minimum absolute atomic E-state index is 0.0644. The second kappa shape index (κ2) is 14.0. The van der Waals surface area contributed by atoms with E-state index in [9.17, 15) is 4.79 Å². The number of Topliss-reactive ketones (excluding diaryl/α,β-unsaturated/α-hetero) is 1. The van der Waals surface area contributed by atoms with Crippen LogP contribution in [0.5, 0.6) is 0 Å². The lowest BCUT2D eigenvalue weighted by Gasteiger charge is -2.14.